The smallest absolute Gasteiger partial charge is 0.123 e. The Balaban J connectivity index is 2.11. The minimum absolute atomic E-state index is 0.112. The van der Waals surface area contributed by atoms with Crippen LogP contribution in [0.1, 0.15) is 30.0 Å². The van der Waals surface area contributed by atoms with Gasteiger partial charge in [0.15, 0.2) is 0 Å². The number of hydrogen-bond acceptors (Lipinski definition) is 2. The summed E-state index contributed by atoms with van der Waals surface area (Å²) in [5, 5.41) is 3.53. The third-order valence-corrected chi connectivity index (χ3v) is 3.29. The first kappa shape index (κ1) is 12.3. The second kappa shape index (κ2) is 5.43. The van der Waals surface area contributed by atoms with Gasteiger partial charge in [0, 0.05) is 18.6 Å². The van der Waals surface area contributed by atoms with Gasteiger partial charge in [-0.3, -0.25) is 0 Å². The molecule has 0 heterocycles. The molecular weight excluding hydrogens is 215 g/mol. The molecule has 3 heteroatoms. The highest BCUT2D eigenvalue weighted by Crippen LogP contribution is 2.21. The van der Waals surface area contributed by atoms with Crippen molar-refractivity contribution < 1.29 is 4.39 Å². The van der Waals surface area contributed by atoms with E-state index in [9.17, 15) is 4.39 Å². The maximum absolute atomic E-state index is 13.1. The average Bonchev–Trinajstić information content (AvgIpc) is 2.79. The summed E-state index contributed by atoms with van der Waals surface area (Å²) < 4.78 is 13.1. The molecule has 0 aromatic heterocycles. The molecule has 0 amide bonds. The number of halogens is 1. The second-order valence-corrected chi connectivity index (χ2v) is 4.60. The Morgan fingerprint density at radius 1 is 1.41 bits per heavy atom. The standard InChI is InChI=1S/C14H19FN2/c1-10-8-11(15)6-7-13(10)14(9-16)17-12-4-2-3-5-12/h2-3,6-8,12,14,17H,4-5,9,16H2,1H3. The van der Waals surface area contributed by atoms with Crippen molar-refractivity contribution in [2.24, 2.45) is 5.73 Å². The van der Waals surface area contributed by atoms with Crippen LogP contribution in [-0.2, 0) is 0 Å². The van der Waals surface area contributed by atoms with Crippen LogP contribution in [0, 0.1) is 12.7 Å². The van der Waals surface area contributed by atoms with Crippen molar-refractivity contribution in [3.63, 3.8) is 0 Å². The topological polar surface area (TPSA) is 38.0 Å². The molecule has 2 nitrogen and oxygen atoms in total. The first-order valence-electron chi connectivity index (χ1n) is 6.08. The lowest BCUT2D eigenvalue weighted by atomic mass is 10.00. The van der Waals surface area contributed by atoms with Crippen molar-refractivity contribution in [1.29, 1.82) is 0 Å². The van der Waals surface area contributed by atoms with Gasteiger partial charge in [0.05, 0.1) is 0 Å². The van der Waals surface area contributed by atoms with E-state index in [0.29, 0.717) is 12.6 Å². The van der Waals surface area contributed by atoms with Gasteiger partial charge in [0.25, 0.3) is 0 Å². The number of nitrogens with one attached hydrogen (secondary N) is 1. The van der Waals surface area contributed by atoms with E-state index in [-0.39, 0.29) is 11.9 Å². The van der Waals surface area contributed by atoms with Gasteiger partial charge in [-0.05, 0) is 43.0 Å². The zero-order valence-electron chi connectivity index (χ0n) is 10.1. The lowest BCUT2D eigenvalue weighted by molar-refractivity contribution is 0.451. The van der Waals surface area contributed by atoms with Crippen molar-refractivity contribution in [3.05, 3.63) is 47.3 Å². The molecule has 17 heavy (non-hydrogen) atoms. The molecule has 1 aliphatic rings. The molecule has 1 aliphatic carbocycles. The van der Waals surface area contributed by atoms with Crippen LogP contribution in [0.15, 0.2) is 30.4 Å². The van der Waals surface area contributed by atoms with E-state index in [4.69, 9.17) is 5.73 Å². The molecule has 0 saturated heterocycles. The van der Waals surface area contributed by atoms with Gasteiger partial charge in [-0.2, -0.15) is 0 Å². The number of rotatable bonds is 4. The molecule has 1 atom stereocenters. The van der Waals surface area contributed by atoms with Gasteiger partial charge >= 0.3 is 0 Å². The third-order valence-electron chi connectivity index (χ3n) is 3.29. The summed E-state index contributed by atoms with van der Waals surface area (Å²) >= 11 is 0. The number of aryl methyl sites for hydroxylation is 1. The van der Waals surface area contributed by atoms with E-state index in [1.165, 1.54) is 6.07 Å². The Hall–Kier alpha value is -1.19. The molecule has 0 spiro atoms. The fraction of sp³-hybridized carbons (Fsp3) is 0.429. The lowest BCUT2D eigenvalue weighted by Crippen LogP contribution is -2.35. The molecule has 1 aromatic carbocycles. The Morgan fingerprint density at radius 2 is 2.12 bits per heavy atom. The highest BCUT2D eigenvalue weighted by atomic mass is 19.1. The fourth-order valence-corrected chi connectivity index (χ4v) is 2.35. The zero-order chi connectivity index (χ0) is 12.3. The molecule has 0 radical (unpaired) electrons. The van der Waals surface area contributed by atoms with E-state index in [0.717, 1.165) is 24.0 Å². The summed E-state index contributed by atoms with van der Waals surface area (Å²) in [4.78, 5) is 0. The van der Waals surface area contributed by atoms with Gasteiger partial charge in [0.1, 0.15) is 5.82 Å². The van der Waals surface area contributed by atoms with Gasteiger partial charge in [-0.1, -0.05) is 18.2 Å². The number of benzene rings is 1. The highest BCUT2D eigenvalue weighted by molar-refractivity contribution is 5.30. The Morgan fingerprint density at radius 3 is 2.71 bits per heavy atom. The molecule has 1 unspecified atom stereocenters. The normalized spacial score (nSPS) is 17.6. The van der Waals surface area contributed by atoms with Crippen LogP contribution in [0.3, 0.4) is 0 Å². The van der Waals surface area contributed by atoms with Crippen molar-refractivity contribution in [2.75, 3.05) is 6.54 Å². The van der Waals surface area contributed by atoms with Crippen LogP contribution in [0.25, 0.3) is 0 Å². The van der Waals surface area contributed by atoms with E-state index in [2.05, 4.69) is 17.5 Å². The zero-order valence-corrected chi connectivity index (χ0v) is 10.1. The van der Waals surface area contributed by atoms with Gasteiger partial charge in [-0.25, -0.2) is 4.39 Å². The average molecular weight is 234 g/mol. The maximum atomic E-state index is 13.1. The largest absolute Gasteiger partial charge is 0.329 e. The van der Waals surface area contributed by atoms with Gasteiger partial charge in [-0.15, -0.1) is 0 Å². The fourth-order valence-electron chi connectivity index (χ4n) is 2.35. The van der Waals surface area contributed by atoms with Crippen LogP contribution in [0.4, 0.5) is 4.39 Å². The van der Waals surface area contributed by atoms with Crippen LogP contribution >= 0.6 is 0 Å². The molecule has 3 N–H and O–H groups in total. The highest BCUT2D eigenvalue weighted by Gasteiger charge is 2.18. The van der Waals surface area contributed by atoms with Crippen molar-refractivity contribution >= 4 is 0 Å². The van der Waals surface area contributed by atoms with Crippen molar-refractivity contribution in [2.45, 2.75) is 31.8 Å². The first-order valence-corrected chi connectivity index (χ1v) is 6.08. The van der Waals surface area contributed by atoms with E-state index in [1.807, 2.05) is 13.0 Å². The van der Waals surface area contributed by atoms with Crippen LogP contribution in [-0.4, -0.2) is 12.6 Å². The monoisotopic (exact) mass is 234 g/mol. The van der Waals surface area contributed by atoms with Crippen molar-refractivity contribution in [3.8, 4) is 0 Å². The number of hydrogen-bond donors (Lipinski definition) is 2. The Labute approximate surface area is 102 Å². The molecule has 92 valence electrons. The molecule has 0 fully saturated rings. The molecule has 0 bridgehead atoms. The summed E-state index contributed by atoms with van der Waals surface area (Å²) in [7, 11) is 0. The van der Waals surface area contributed by atoms with E-state index < -0.39 is 0 Å². The Kier molecular flexibility index (Phi) is 3.92. The summed E-state index contributed by atoms with van der Waals surface area (Å²) in [6.07, 6.45) is 6.47. The predicted octanol–water partition coefficient (Wildman–Crippen LogP) is 2.44. The minimum Gasteiger partial charge on any atom is -0.329 e. The van der Waals surface area contributed by atoms with E-state index >= 15 is 0 Å². The summed E-state index contributed by atoms with van der Waals surface area (Å²) in [5.74, 6) is -0.190. The summed E-state index contributed by atoms with van der Waals surface area (Å²) in [6, 6.07) is 5.47. The van der Waals surface area contributed by atoms with E-state index in [1.54, 1.807) is 6.07 Å². The van der Waals surface area contributed by atoms with Crippen molar-refractivity contribution in [1.82, 2.24) is 5.32 Å². The third kappa shape index (κ3) is 2.93. The molecule has 0 aliphatic heterocycles. The van der Waals surface area contributed by atoms with Gasteiger partial charge < -0.3 is 11.1 Å². The Bertz CT molecular complexity index is 407. The lowest BCUT2D eigenvalue weighted by Gasteiger charge is -2.23. The molecule has 1 aromatic rings. The van der Waals surface area contributed by atoms with Crippen LogP contribution in [0.5, 0.6) is 0 Å². The summed E-state index contributed by atoms with van der Waals surface area (Å²) in [6.45, 7) is 2.46. The first-order chi connectivity index (χ1) is 8.20. The number of nitrogens with two attached hydrogens (primary N) is 1. The molecule has 0 saturated carbocycles. The quantitative estimate of drug-likeness (QED) is 0.785. The van der Waals surface area contributed by atoms with Gasteiger partial charge in [0.2, 0.25) is 0 Å². The second-order valence-electron chi connectivity index (χ2n) is 4.60. The molecular formula is C14H19FN2. The van der Waals surface area contributed by atoms with Crippen LogP contribution in [0.2, 0.25) is 0 Å². The summed E-state index contributed by atoms with van der Waals surface area (Å²) in [5.41, 5.74) is 7.87. The maximum Gasteiger partial charge on any atom is 0.123 e. The predicted molar refractivity (Wildman–Crippen MR) is 68.2 cm³/mol. The SMILES string of the molecule is Cc1cc(F)ccc1C(CN)NC1CC=CC1. The molecule has 2 rings (SSSR count). The minimum atomic E-state index is -0.190. The van der Waals surface area contributed by atoms with Crippen LogP contribution < -0.4 is 11.1 Å².